The Morgan fingerprint density at radius 1 is 1.40 bits per heavy atom. The Hall–Kier alpha value is -0.700. The predicted molar refractivity (Wildman–Crippen MR) is 71.3 cm³/mol. The molecule has 0 bridgehead atoms. The number of anilines is 2. The first kappa shape index (κ1) is 12.4. The van der Waals surface area contributed by atoms with E-state index in [4.69, 9.17) is 5.73 Å². The quantitative estimate of drug-likeness (QED) is 0.817. The Labute approximate surface area is 100 Å². The molecule has 1 aromatic rings. The maximum absolute atomic E-state index is 5.83. The zero-order chi connectivity index (χ0) is 11.6. The van der Waals surface area contributed by atoms with E-state index in [2.05, 4.69) is 48.1 Å². The maximum atomic E-state index is 5.83. The first-order valence-electron chi connectivity index (χ1n) is 5.19. The van der Waals surface area contributed by atoms with E-state index in [9.17, 15) is 0 Å². The average Bonchev–Trinajstić information content (AvgIpc) is 2.14. The van der Waals surface area contributed by atoms with E-state index in [1.807, 2.05) is 13.0 Å². The molecule has 0 unspecified atom stereocenters. The van der Waals surface area contributed by atoms with Crippen molar-refractivity contribution in [1.82, 2.24) is 0 Å². The average molecular weight is 271 g/mol. The SMILES string of the molecule is CCC(C)(C)Nc1cc(C)c(N)cc1Br. The molecule has 0 atom stereocenters. The van der Waals surface area contributed by atoms with Gasteiger partial charge in [-0.15, -0.1) is 0 Å². The van der Waals surface area contributed by atoms with Crippen molar-refractivity contribution in [2.45, 2.75) is 39.7 Å². The number of nitrogens with one attached hydrogen (secondary N) is 1. The van der Waals surface area contributed by atoms with Crippen molar-refractivity contribution in [1.29, 1.82) is 0 Å². The van der Waals surface area contributed by atoms with Crippen LogP contribution in [0.3, 0.4) is 0 Å². The Bertz CT molecular complexity index is 359. The van der Waals surface area contributed by atoms with Gasteiger partial charge in [0.15, 0.2) is 0 Å². The van der Waals surface area contributed by atoms with Crippen LogP contribution in [0.4, 0.5) is 11.4 Å². The lowest BCUT2D eigenvalue weighted by atomic mass is 10.0. The second-order valence-electron chi connectivity index (χ2n) is 4.55. The fourth-order valence-electron chi connectivity index (χ4n) is 1.25. The third-order valence-electron chi connectivity index (χ3n) is 2.71. The lowest BCUT2D eigenvalue weighted by Gasteiger charge is -2.27. The highest BCUT2D eigenvalue weighted by atomic mass is 79.9. The van der Waals surface area contributed by atoms with Crippen molar-refractivity contribution in [3.8, 4) is 0 Å². The molecule has 0 aromatic heterocycles. The molecule has 0 spiro atoms. The number of hydrogen-bond donors (Lipinski definition) is 2. The summed E-state index contributed by atoms with van der Waals surface area (Å²) < 4.78 is 1.02. The summed E-state index contributed by atoms with van der Waals surface area (Å²) in [5.74, 6) is 0. The molecule has 84 valence electrons. The normalized spacial score (nSPS) is 11.5. The van der Waals surface area contributed by atoms with E-state index in [0.29, 0.717) is 0 Å². The molecule has 0 heterocycles. The fraction of sp³-hybridized carbons (Fsp3) is 0.500. The summed E-state index contributed by atoms with van der Waals surface area (Å²) in [7, 11) is 0. The third kappa shape index (κ3) is 3.13. The van der Waals surface area contributed by atoms with E-state index in [-0.39, 0.29) is 5.54 Å². The van der Waals surface area contributed by atoms with Crippen molar-refractivity contribution >= 4 is 27.3 Å². The molecule has 1 rings (SSSR count). The van der Waals surface area contributed by atoms with E-state index >= 15 is 0 Å². The molecule has 15 heavy (non-hydrogen) atoms. The van der Waals surface area contributed by atoms with Crippen LogP contribution >= 0.6 is 15.9 Å². The van der Waals surface area contributed by atoms with Crippen LogP contribution in [0.1, 0.15) is 32.8 Å². The minimum atomic E-state index is 0.102. The van der Waals surface area contributed by atoms with Crippen molar-refractivity contribution in [3.05, 3.63) is 22.2 Å². The summed E-state index contributed by atoms with van der Waals surface area (Å²) in [5.41, 5.74) is 8.96. The second-order valence-corrected chi connectivity index (χ2v) is 5.41. The molecule has 1 aromatic carbocycles. The van der Waals surface area contributed by atoms with Gasteiger partial charge in [0.05, 0.1) is 0 Å². The summed E-state index contributed by atoms with van der Waals surface area (Å²) in [4.78, 5) is 0. The topological polar surface area (TPSA) is 38.0 Å². The van der Waals surface area contributed by atoms with Crippen LogP contribution in [0.2, 0.25) is 0 Å². The number of aryl methyl sites for hydroxylation is 1. The Morgan fingerprint density at radius 3 is 2.53 bits per heavy atom. The monoisotopic (exact) mass is 270 g/mol. The van der Waals surface area contributed by atoms with Gasteiger partial charge in [0.1, 0.15) is 0 Å². The maximum Gasteiger partial charge on any atom is 0.0492 e. The summed E-state index contributed by atoms with van der Waals surface area (Å²) in [5, 5.41) is 3.50. The van der Waals surface area contributed by atoms with Gasteiger partial charge in [-0.2, -0.15) is 0 Å². The Balaban J connectivity index is 3.01. The number of benzene rings is 1. The molecule has 0 radical (unpaired) electrons. The van der Waals surface area contributed by atoms with E-state index in [1.54, 1.807) is 0 Å². The summed E-state index contributed by atoms with van der Waals surface area (Å²) in [6.07, 6.45) is 1.07. The largest absolute Gasteiger partial charge is 0.398 e. The predicted octanol–water partition coefficient (Wildman–Crippen LogP) is 3.94. The van der Waals surface area contributed by atoms with Gasteiger partial charge in [-0.05, 0) is 60.8 Å². The van der Waals surface area contributed by atoms with Crippen LogP contribution in [0.15, 0.2) is 16.6 Å². The van der Waals surface area contributed by atoms with Gasteiger partial charge < -0.3 is 11.1 Å². The zero-order valence-corrected chi connectivity index (χ0v) is 11.4. The highest BCUT2D eigenvalue weighted by molar-refractivity contribution is 9.10. The standard InChI is InChI=1S/C12H19BrN2/c1-5-12(3,4)15-11-6-8(2)10(14)7-9(11)13/h6-7,15H,5,14H2,1-4H3. The Morgan fingerprint density at radius 2 is 2.00 bits per heavy atom. The fourth-order valence-corrected chi connectivity index (χ4v) is 1.71. The molecule has 0 saturated heterocycles. The van der Waals surface area contributed by atoms with Gasteiger partial charge >= 0.3 is 0 Å². The lowest BCUT2D eigenvalue weighted by molar-refractivity contribution is 0.547. The van der Waals surface area contributed by atoms with Crippen LogP contribution in [-0.4, -0.2) is 5.54 Å². The molecule has 3 heteroatoms. The minimum Gasteiger partial charge on any atom is -0.398 e. The molecule has 3 N–H and O–H groups in total. The molecule has 0 fully saturated rings. The second kappa shape index (κ2) is 4.44. The zero-order valence-electron chi connectivity index (χ0n) is 9.82. The van der Waals surface area contributed by atoms with Gasteiger partial charge in [0, 0.05) is 21.4 Å². The summed E-state index contributed by atoms with van der Waals surface area (Å²) in [6.45, 7) is 8.56. The van der Waals surface area contributed by atoms with Crippen molar-refractivity contribution in [2.24, 2.45) is 0 Å². The summed E-state index contributed by atoms with van der Waals surface area (Å²) in [6, 6.07) is 4.03. The first-order chi connectivity index (χ1) is 6.85. The van der Waals surface area contributed by atoms with Crippen molar-refractivity contribution in [3.63, 3.8) is 0 Å². The van der Waals surface area contributed by atoms with Gasteiger partial charge in [-0.25, -0.2) is 0 Å². The van der Waals surface area contributed by atoms with Gasteiger partial charge in [-0.1, -0.05) is 6.92 Å². The molecular formula is C12H19BrN2. The molecular weight excluding hydrogens is 252 g/mol. The highest BCUT2D eigenvalue weighted by Gasteiger charge is 2.16. The van der Waals surface area contributed by atoms with E-state index in [0.717, 1.165) is 27.8 Å². The van der Waals surface area contributed by atoms with Gasteiger partial charge in [-0.3, -0.25) is 0 Å². The molecule has 2 nitrogen and oxygen atoms in total. The number of nitrogens with two attached hydrogens (primary N) is 1. The van der Waals surface area contributed by atoms with Crippen LogP contribution in [0, 0.1) is 6.92 Å². The molecule has 0 amide bonds. The number of nitrogen functional groups attached to an aromatic ring is 1. The summed E-state index contributed by atoms with van der Waals surface area (Å²) >= 11 is 3.52. The molecule has 0 aliphatic carbocycles. The van der Waals surface area contributed by atoms with E-state index in [1.165, 1.54) is 0 Å². The lowest BCUT2D eigenvalue weighted by Crippen LogP contribution is -2.29. The Kier molecular flexibility index (Phi) is 3.66. The van der Waals surface area contributed by atoms with Crippen LogP contribution in [-0.2, 0) is 0 Å². The molecule has 0 saturated carbocycles. The molecule has 0 aliphatic rings. The van der Waals surface area contributed by atoms with Gasteiger partial charge in [0.25, 0.3) is 0 Å². The highest BCUT2D eigenvalue weighted by Crippen LogP contribution is 2.30. The molecule has 0 aliphatic heterocycles. The van der Waals surface area contributed by atoms with Crippen molar-refractivity contribution < 1.29 is 0 Å². The first-order valence-corrected chi connectivity index (χ1v) is 5.99. The van der Waals surface area contributed by atoms with Crippen molar-refractivity contribution in [2.75, 3.05) is 11.1 Å². The number of rotatable bonds is 3. The van der Waals surface area contributed by atoms with Crippen LogP contribution < -0.4 is 11.1 Å². The smallest absolute Gasteiger partial charge is 0.0492 e. The van der Waals surface area contributed by atoms with Crippen LogP contribution in [0.5, 0.6) is 0 Å². The van der Waals surface area contributed by atoms with E-state index < -0.39 is 0 Å². The van der Waals surface area contributed by atoms with Gasteiger partial charge in [0.2, 0.25) is 0 Å². The minimum absolute atomic E-state index is 0.102. The number of hydrogen-bond acceptors (Lipinski definition) is 2. The third-order valence-corrected chi connectivity index (χ3v) is 3.37. The number of halogens is 1. The van der Waals surface area contributed by atoms with Crippen LogP contribution in [0.25, 0.3) is 0 Å².